The Bertz CT molecular complexity index is 932. The van der Waals surface area contributed by atoms with Gasteiger partial charge in [0.15, 0.2) is 0 Å². The van der Waals surface area contributed by atoms with Crippen LogP contribution in [0.4, 0.5) is 5.69 Å². The van der Waals surface area contributed by atoms with Gasteiger partial charge in [0.1, 0.15) is 12.4 Å². The maximum Gasteiger partial charge on any atom is 0.304 e. The molecule has 1 atom stereocenters. The van der Waals surface area contributed by atoms with E-state index in [1.807, 2.05) is 42.5 Å². The first-order chi connectivity index (χ1) is 14.2. The number of rotatable bonds is 9. The first-order valence-electron chi connectivity index (χ1n) is 9.96. The summed E-state index contributed by atoms with van der Waals surface area (Å²) < 4.78 is 5.90. The van der Waals surface area contributed by atoms with Gasteiger partial charge in [0.2, 0.25) is 0 Å². The molecule has 0 unspecified atom stereocenters. The van der Waals surface area contributed by atoms with E-state index in [2.05, 4.69) is 37.9 Å². The second-order valence-corrected chi connectivity index (χ2v) is 8.38. The Morgan fingerprint density at radius 3 is 2.50 bits per heavy atom. The van der Waals surface area contributed by atoms with E-state index < -0.39 is 5.97 Å². The van der Waals surface area contributed by atoms with Crippen LogP contribution in [0.1, 0.15) is 56.7 Å². The van der Waals surface area contributed by atoms with E-state index in [1.165, 1.54) is 6.21 Å². The van der Waals surface area contributed by atoms with Crippen molar-refractivity contribution in [2.24, 2.45) is 5.41 Å². The Labute approximate surface area is 179 Å². The average Bonchev–Trinajstić information content (AvgIpc) is 2.70. The highest BCUT2D eigenvalue weighted by Gasteiger charge is 2.14. The molecule has 3 N–H and O–H groups in total. The van der Waals surface area contributed by atoms with E-state index in [-0.39, 0.29) is 17.8 Å². The van der Waals surface area contributed by atoms with E-state index in [1.54, 1.807) is 6.92 Å². The van der Waals surface area contributed by atoms with Crippen LogP contribution in [0.15, 0.2) is 42.5 Å². The number of carbonyl (C=O) groups is 1. The van der Waals surface area contributed by atoms with Crippen molar-refractivity contribution in [2.45, 2.75) is 46.6 Å². The Hall–Kier alpha value is -3.26. The van der Waals surface area contributed by atoms with Gasteiger partial charge in [-0.2, -0.15) is 0 Å². The van der Waals surface area contributed by atoms with Crippen LogP contribution < -0.4 is 10.1 Å². The van der Waals surface area contributed by atoms with Gasteiger partial charge < -0.3 is 20.6 Å². The normalized spacial score (nSPS) is 11.7. The number of ether oxygens (including phenoxy) is 1. The number of carboxylic acid groups (broad SMARTS) is 1. The maximum absolute atomic E-state index is 11.0. The number of hydrogen-bond acceptors (Lipinski definition) is 4. The maximum atomic E-state index is 11.0. The zero-order chi connectivity index (χ0) is 22.1. The minimum atomic E-state index is -0.868. The van der Waals surface area contributed by atoms with Crippen molar-refractivity contribution < 1.29 is 14.6 Å². The van der Waals surface area contributed by atoms with Crippen molar-refractivity contribution in [2.75, 3.05) is 11.9 Å². The minimum Gasteiger partial charge on any atom is -0.489 e. The third-order valence-corrected chi connectivity index (χ3v) is 4.47. The van der Waals surface area contributed by atoms with Crippen LogP contribution in [0, 0.1) is 22.7 Å². The van der Waals surface area contributed by atoms with Crippen molar-refractivity contribution in [1.29, 1.82) is 5.41 Å². The van der Waals surface area contributed by atoms with Crippen molar-refractivity contribution in [3.8, 4) is 17.6 Å². The largest absolute Gasteiger partial charge is 0.489 e. The van der Waals surface area contributed by atoms with Gasteiger partial charge in [-0.15, -0.1) is 5.92 Å². The summed E-state index contributed by atoms with van der Waals surface area (Å²) in [5.74, 6) is 5.26. The fraction of sp³-hybridized carbons (Fsp3) is 0.360. The highest BCUT2D eigenvalue weighted by Crippen LogP contribution is 2.24. The highest BCUT2D eigenvalue weighted by atomic mass is 16.5. The molecular formula is C25H30N2O3. The molecule has 5 heteroatoms. The Morgan fingerprint density at radius 1 is 1.23 bits per heavy atom. The lowest BCUT2D eigenvalue weighted by Gasteiger charge is -2.21. The first-order valence-corrected chi connectivity index (χ1v) is 9.96. The molecule has 0 fully saturated rings. The van der Waals surface area contributed by atoms with Gasteiger partial charge in [-0.3, -0.25) is 4.79 Å². The summed E-state index contributed by atoms with van der Waals surface area (Å²) in [4.78, 5) is 11.0. The van der Waals surface area contributed by atoms with Crippen LogP contribution in [0.3, 0.4) is 0 Å². The van der Waals surface area contributed by atoms with Crippen molar-refractivity contribution >= 4 is 17.9 Å². The molecule has 0 aliphatic rings. The summed E-state index contributed by atoms with van der Waals surface area (Å²) in [6, 6.07) is 13.3. The zero-order valence-electron chi connectivity index (χ0n) is 18.1. The molecular weight excluding hydrogens is 376 g/mol. The SMILES string of the molecule is CC#C[C@@H](CC(=O)O)c1ccc(OCc2ccc(C=N)c(NCC(C)(C)C)c2)cc1. The van der Waals surface area contributed by atoms with Gasteiger partial charge in [-0.25, -0.2) is 0 Å². The molecule has 0 aliphatic carbocycles. The van der Waals surface area contributed by atoms with E-state index >= 15 is 0 Å². The fourth-order valence-corrected chi connectivity index (χ4v) is 2.90. The molecule has 0 radical (unpaired) electrons. The van der Waals surface area contributed by atoms with Gasteiger partial charge in [0.05, 0.1) is 12.3 Å². The molecule has 0 aliphatic heterocycles. The van der Waals surface area contributed by atoms with Crippen molar-refractivity contribution in [1.82, 2.24) is 0 Å². The highest BCUT2D eigenvalue weighted by molar-refractivity contribution is 5.86. The molecule has 0 amide bonds. The number of carboxylic acids is 1. The van der Waals surface area contributed by atoms with Crippen LogP contribution >= 0.6 is 0 Å². The zero-order valence-corrected chi connectivity index (χ0v) is 18.1. The number of aliphatic carboxylic acids is 1. The van der Waals surface area contributed by atoms with Crippen molar-refractivity contribution in [3.63, 3.8) is 0 Å². The van der Waals surface area contributed by atoms with E-state index in [4.69, 9.17) is 15.3 Å². The van der Waals surface area contributed by atoms with Crippen LogP contribution in [0.2, 0.25) is 0 Å². The average molecular weight is 407 g/mol. The topological polar surface area (TPSA) is 82.4 Å². The molecule has 158 valence electrons. The molecule has 2 rings (SSSR count). The lowest BCUT2D eigenvalue weighted by molar-refractivity contribution is -0.137. The third-order valence-electron chi connectivity index (χ3n) is 4.47. The molecule has 0 saturated heterocycles. The molecule has 2 aromatic carbocycles. The lowest BCUT2D eigenvalue weighted by Crippen LogP contribution is -2.19. The Kier molecular flexibility index (Phi) is 8.06. The van der Waals surface area contributed by atoms with E-state index in [0.29, 0.717) is 12.4 Å². The molecule has 0 heterocycles. The van der Waals surface area contributed by atoms with Gasteiger partial charge in [-0.1, -0.05) is 51.0 Å². The number of nitrogens with one attached hydrogen (secondary N) is 2. The summed E-state index contributed by atoms with van der Waals surface area (Å²) in [6.45, 7) is 9.39. The Morgan fingerprint density at radius 2 is 1.93 bits per heavy atom. The summed E-state index contributed by atoms with van der Waals surface area (Å²) in [6.07, 6.45) is 1.33. The molecule has 0 spiro atoms. The molecule has 30 heavy (non-hydrogen) atoms. The second-order valence-electron chi connectivity index (χ2n) is 8.38. The van der Waals surface area contributed by atoms with E-state index in [0.717, 1.165) is 28.9 Å². The monoisotopic (exact) mass is 406 g/mol. The summed E-state index contributed by atoms with van der Waals surface area (Å²) in [5, 5.41) is 20.1. The molecule has 0 bridgehead atoms. The summed E-state index contributed by atoms with van der Waals surface area (Å²) in [7, 11) is 0. The number of hydrogen-bond donors (Lipinski definition) is 3. The Balaban J connectivity index is 2.06. The smallest absolute Gasteiger partial charge is 0.304 e. The van der Waals surface area contributed by atoms with Gasteiger partial charge in [0.25, 0.3) is 0 Å². The van der Waals surface area contributed by atoms with Gasteiger partial charge in [0, 0.05) is 24.0 Å². The quantitative estimate of drug-likeness (QED) is 0.390. The fourth-order valence-electron chi connectivity index (χ4n) is 2.90. The minimum absolute atomic E-state index is 0.0231. The second kappa shape index (κ2) is 10.5. The molecule has 0 aromatic heterocycles. The molecule has 2 aromatic rings. The van der Waals surface area contributed by atoms with Gasteiger partial charge >= 0.3 is 5.97 Å². The van der Waals surface area contributed by atoms with E-state index in [9.17, 15) is 4.79 Å². The van der Waals surface area contributed by atoms with Gasteiger partial charge in [-0.05, 0) is 41.7 Å². The van der Waals surface area contributed by atoms with Crippen molar-refractivity contribution in [3.05, 3.63) is 59.2 Å². The number of anilines is 1. The predicted molar refractivity (Wildman–Crippen MR) is 121 cm³/mol. The molecule has 5 nitrogen and oxygen atoms in total. The summed E-state index contributed by atoms with van der Waals surface area (Å²) >= 11 is 0. The third kappa shape index (κ3) is 7.29. The predicted octanol–water partition coefficient (Wildman–Crippen LogP) is 5.30. The summed E-state index contributed by atoms with van der Waals surface area (Å²) in [5.41, 5.74) is 3.76. The standard InChI is InChI=1S/C25H30N2O3/c1-5-6-20(14-24(28)29)19-9-11-22(12-10-19)30-16-18-7-8-21(15-26)23(13-18)27-17-25(2,3)4/h7-13,15,20,26-27H,14,16-17H2,1-4H3,(H,28,29)/t20-/m0/s1. The number of benzene rings is 2. The van der Waals surface area contributed by atoms with Crippen LogP contribution in [0.5, 0.6) is 5.75 Å². The lowest BCUT2D eigenvalue weighted by atomic mass is 9.96. The first kappa shape index (κ1) is 23.0. The van der Waals surface area contributed by atoms with Crippen LogP contribution in [0.25, 0.3) is 0 Å². The molecule has 0 saturated carbocycles. The van der Waals surface area contributed by atoms with Crippen LogP contribution in [-0.4, -0.2) is 23.8 Å². The van der Waals surface area contributed by atoms with Crippen LogP contribution in [-0.2, 0) is 11.4 Å².